The second kappa shape index (κ2) is 6.86. The molecule has 0 bridgehead atoms. The molecule has 1 aromatic carbocycles. The van der Waals surface area contributed by atoms with Gasteiger partial charge in [-0.1, -0.05) is 23.7 Å². The Morgan fingerprint density at radius 3 is 2.50 bits per heavy atom. The Morgan fingerprint density at radius 2 is 1.86 bits per heavy atom. The lowest BCUT2D eigenvalue weighted by Gasteiger charge is -2.02. The first-order valence-corrected chi connectivity index (χ1v) is 5.32. The highest BCUT2D eigenvalue weighted by Crippen LogP contribution is 2.11. The monoisotopic (exact) mass is 211 g/mol. The lowest BCUT2D eigenvalue weighted by Crippen LogP contribution is -1.94. The van der Waals surface area contributed by atoms with Gasteiger partial charge in [0, 0.05) is 18.2 Å². The van der Waals surface area contributed by atoms with Crippen molar-refractivity contribution in [1.29, 1.82) is 0 Å². The van der Waals surface area contributed by atoms with Crippen molar-refractivity contribution in [1.82, 2.24) is 0 Å². The summed E-state index contributed by atoms with van der Waals surface area (Å²) >= 11 is 5.79. The van der Waals surface area contributed by atoms with E-state index in [1.165, 1.54) is 5.56 Å². The largest absolute Gasteiger partial charge is 0.381 e. The second-order valence-electron chi connectivity index (χ2n) is 3.20. The van der Waals surface area contributed by atoms with Gasteiger partial charge in [-0.3, -0.25) is 0 Å². The SMILES string of the molecule is [CH2]COCCCCc1ccc(Cl)cc1. The fraction of sp³-hybridized carbons (Fsp3) is 0.417. The molecule has 0 aromatic heterocycles. The smallest absolute Gasteiger partial charge is 0.0466 e. The van der Waals surface area contributed by atoms with Crippen LogP contribution in [0.15, 0.2) is 24.3 Å². The van der Waals surface area contributed by atoms with E-state index in [0.717, 1.165) is 30.9 Å². The maximum atomic E-state index is 5.79. The summed E-state index contributed by atoms with van der Waals surface area (Å²) in [6, 6.07) is 8.02. The van der Waals surface area contributed by atoms with Gasteiger partial charge in [0.05, 0.1) is 0 Å². The van der Waals surface area contributed by atoms with Gasteiger partial charge >= 0.3 is 0 Å². The zero-order valence-corrected chi connectivity index (χ0v) is 9.09. The average Bonchev–Trinajstić information content (AvgIpc) is 2.21. The van der Waals surface area contributed by atoms with Gasteiger partial charge in [-0.05, 0) is 43.9 Å². The Hall–Kier alpha value is -0.530. The molecule has 0 amide bonds. The number of unbranched alkanes of at least 4 members (excludes halogenated alkanes) is 1. The third-order valence-corrected chi connectivity index (χ3v) is 2.31. The predicted molar refractivity (Wildman–Crippen MR) is 60.6 cm³/mol. The van der Waals surface area contributed by atoms with Crippen molar-refractivity contribution in [3.05, 3.63) is 41.8 Å². The number of benzene rings is 1. The summed E-state index contributed by atoms with van der Waals surface area (Å²) in [6.07, 6.45) is 3.34. The summed E-state index contributed by atoms with van der Waals surface area (Å²) in [5.41, 5.74) is 1.34. The molecule has 1 radical (unpaired) electrons. The Morgan fingerprint density at radius 1 is 1.14 bits per heavy atom. The first kappa shape index (κ1) is 11.5. The molecule has 14 heavy (non-hydrogen) atoms. The average molecular weight is 212 g/mol. The number of hydrogen-bond donors (Lipinski definition) is 0. The Kier molecular flexibility index (Phi) is 5.65. The molecule has 1 nitrogen and oxygen atoms in total. The van der Waals surface area contributed by atoms with Gasteiger partial charge in [-0.15, -0.1) is 0 Å². The van der Waals surface area contributed by atoms with Crippen LogP contribution in [-0.2, 0) is 11.2 Å². The van der Waals surface area contributed by atoms with Crippen LogP contribution in [0.25, 0.3) is 0 Å². The molecular formula is C12H16ClO. The lowest BCUT2D eigenvalue weighted by atomic mass is 10.1. The number of halogens is 1. The van der Waals surface area contributed by atoms with E-state index >= 15 is 0 Å². The second-order valence-corrected chi connectivity index (χ2v) is 3.63. The van der Waals surface area contributed by atoms with Crippen LogP contribution in [0.2, 0.25) is 5.02 Å². The number of ether oxygens (including phenoxy) is 1. The molecule has 1 aromatic rings. The first-order chi connectivity index (χ1) is 6.83. The highest BCUT2D eigenvalue weighted by Gasteiger charge is 1.93. The molecule has 0 atom stereocenters. The van der Waals surface area contributed by atoms with Crippen LogP contribution in [-0.4, -0.2) is 13.2 Å². The van der Waals surface area contributed by atoms with E-state index < -0.39 is 0 Å². The lowest BCUT2D eigenvalue weighted by molar-refractivity contribution is 0.156. The molecule has 0 heterocycles. The maximum Gasteiger partial charge on any atom is 0.0466 e. The summed E-state index contributed by atoms with van der Waals surface area (Å²) in [5.74, 6) is 0. The van der Waals surface area contributed by atoms with E-state index in [4.69, 9.17) is 16.3 Å². The van der Waals surface area contributed by atoms with Crippen LogP contribution in [0, 0.1) is 6.92 Å². The minimum absolute atomic E-state index is 0.570. The van der Waals surface area contributed by atoms with E-state index in [1.54, 1.807) is 0 Å². The molecule has 1 rings (SSSR count). The molecule has 0 saturated carbocycles. The molecular weight excluding hydrogens is 196 g/mol. The van der Waals surface area contributed by atoms with Crippen molar-refractivity contribution >= 4 is 11.6 Å². The van der Waals surface area contributed by atoms with Crippen molar-refractivity contribution in [3.8, 4) is 0 Å². The van der Waals surface area contributed by atoms with E-state index in [2.05, 4.69) is 19.1 Å². The van der Waals surface area contributed by atoms with Gasteiger partial charge in [-0.25, -0.2) is 0 Å². The molecule has 0 aliphatic carbocycles. The summed E-state index contributed by atoms with van der Waals surface area (Å²) < 4.78 is 5.16. The Labute approximate surface area is 91.0 Å². The molecule has 0 saturated heterocycles. The minimum Gasteiger partial charge on any atom is -0.381 e. The van der Waals surface area contributed by atoms with Crippen molar-refractivity contribution in [2.45, 2.75) is 19.3 Å². The van der Waals surface area contributed by atoms with Crippen LogP contribution in [0.5, 0.6) is 0 Å². The van der Waals surface area contributed by atoms with Crippen molar-refractivity contribution < 1.29 is 4.74 Å². The maximum absolute atomic E-state index is 5.79. The zero-order valence-electron chi connectivity index (χ0n) is 8.34. The molecule has 77 valence electrons. The van der Waals surface area contributed by atoms with E-state index in [0.29, 0.717) is 6.61 Å². The van der Waals surface area contributed by atoms with Crippen molar-refractivity contribution in [3.63, 3.8) is 0 Å². The molecule has 0 aliphatic rings. The Bertz CT molecular complexity index is 243. The van der Waals surface area contributed by atoms with Gasteiger partial charge < -0.3 is 4.74 Å². The number of rotatable bonds is 6. The quantitative estimate of drug-likeness (QED) is 0.655. The van der Waals surface area contributed by atoms with Gasteiger partial charge in [0.15, 0.2) is 0 Å². The first-order valence-electron chi connectivity index (χ1n) is 4.94. The van der Waals surface area contributed by atoms with Crippen molar-refractivity contribution in [2.75, 3.05) is 13.2 Å². The summed E-state index contributed by atoms with van der Waals surface area (Å²) in [7, 11) is 0. The number of aryl methyl sites for hydroxylation is 1. The van der Waals surface area contributed by atoms with E-state index in [1.807, 2.05) is 12.1 Å². The van der Waals surface area contributed by atoms with Crippen LogP contribution in [0.4, 0.5) is 0 Å². The standard InChI is InChI=1S/C12H16ClO/c1-2-14-10-4-3-5-11-6-8-12(13)9-7-11/h6-9H,1-5,10H2. The van der Waals surface area contributed by atoms with Gasteiger partial charge in [0.25, 0.3) is 0 Å². The number of hydrogen-bond acceptors (Lipinski definition) is 1. The van der Waals surface area contributed by atoms with Gasteiger partial charge in [-0.2, -0.15) is 0 Å². The summed E-state index contributed by atoms with van der Waals surface area (Å²) in [4.78, 5) is 0. The van der Waals surface area contributed by atoms with Gasteiger partial charge in [0.2, 0.25) is 0 Å². The third kappa shape index (κ3) is 4.64. The minimum atomic E-state index is 0.570. The molecule has 0 spiro atoms. The highest BCUT2D eigenvalue weighted by molar-refractivity contribution is 6.30. The van der Waals surface area contributed by atoms with Crippen LogP contribution in [0.1, 0.15) is 18.4 Å². The van der Waals surface area contributed by atoms with Crippen LogP contribution in [0.3, 0.4) is 0 Å². The topological polar surface area (TPSA) is 9.23 Å². The van der Waals surface area contributed by atoms with E-state index in [9.17, 15) is 0 Å². The van der Waals surface area contributed by atoms with Gasteiger partial charge in [0.1, 0.15) is 0 Å². The highest BCUT2D eigenvalue weighted by atomic mass is 35.5. The van der Waals surface area contributed by atoms with E-state index in [-0.39, 0.29) is 0 Å². The van der Waals surface area contributed by atoms with Crippen LogP contribution >= 0.6 is 11.6 Å². The molecule has 0 unspecified atom stereocenters. The summed E-state index contributed by atoms with van der Waals surface area (Å²) in [5, 5.41) is 0.800. The Balaban J connectivity index is 2.15. The molecule has 0 N–H and O–H groups in total. The van der Waals surface area contributed by atoms with Crippen LogP contribution < -0.4 is 0 Å². The normalized spacial score (nSPS) is 10.4. The zero-order chi connectivity index (χ0) is 10.2. The summed E-state index contributed by atoms with van der Waals surface area (Å²) in [6.45, 7) is 5.00. The van der Waals surface area contributed by atoms with Crippen molar-refractivity contribution in [2.24, 2.45) is 0 Å². The predicted octanol–water partition coefficient (Wildman–Crippen LogP) is 3.51. The third-order valence-electron chi connectivity index (χ3n) is 2.06. The fourth-order valence-electron chi connectivity index (χ4n) is 1.29. The fourth-order valence-corrected chi connectivity index (χ4v) is 1.41. The molecule has 2 heteroatoms. The molecule has 0 fully saturated rings. The molecule has 0 aliphatic heterocycles.